The number of rotatable bonds is 6. The molecule has 2 aromatic carbocycles. The van der Waals surface area contributed by atoms with Gasteiger partial charge in [0.15, 0.2) is 9.84 Å². The van der Waals surface area contributed by atoms with Crippen molar-refractivity contribution in [2.75, 3.05) is 11.1 Å². The second-order valence-electron chi connectivity index (χ2n) is 11.1. The number of aromatic nitrogens is 2. The highest BCUT2D eigenvalue weighted by molar-refractivity contribution is 7.91. The Morgan fingerprint density at radius 2 is 1.49 bits per heavy atom. The minimum absolute atomic E-state index is 0.0688. The van der Waals surface area contributed by atoms with Crippen molar-refractivity contribution in [3.8, 4) is 0 Å². The van der Waals surface area contributed by atoms with E-state index in [1.54, 1.807) is 12.1 Å². The summed E-state index contributed by atoms with van der Waals surface area (Å²) in [5, 5.41) is 11.9. The number of carbonyl (C=O) groups excluding carboxylic acids is 1. The number of hydrogen-bond acceptors (Lipinski definition) is 6. The number of hydrogen-bond donors (Lipinski definition) is 1. The summed E-state index contributed by atoms with van der Waals surface area (Å²) in [5.74, 6) is -0.326. The van der Waals surface area contributed by atoms with Crippen LogP contribution < -0.4 is 5.32 Å². The quantitative estimate of drug-likeness (QED) is 0.435. The third kappa shape index (κ3) is 6.76. The van der Waals surface area contributed by atoms with Crippen LogP contribution >= 0.6 is 11.3 Å². The summed E-state index contributed by atoms with van der Waals surface area (Å²) >= 11 is 1.20. The van der Waals surface area contributed by atoms with Crippen LogP contribution in [0.2, 0.25) is 0 Å². The highest BCUT2D eigenvalue weighted by Gasteiger charge is 2.23. The average Bonchev–Trinajstić information content (AvgIpc) is 3.20. The Hall–Kier alpha value is -2.58. The molecular weight excluding hydrogens is 478 g/mol. The SMILES string of the molecule is Cc1ccc(S(=O)(=O)CCc2nnc(NC(=O)c3cc(C(C)(C)C)cc(C(C)(C)C)c3)s2)cc1C. The van der Waals surface area contributed by atoms with Gasteiger partial charge < -0.3 is 0 Å². The van der Waals surface area contributed by atoms with Gasteiger partial charge in [-0.1, -0.05) is 65.0 Å². The topological polar surface area (TPSA) is 89.0 Å². The molecule has 1 N–H and O–H groups in total. The van der Waals surface area contributed by atoms with E-state index in [4.69, 9.17) is 0 Å². The van der Waals surface area contributed by atoms with E-state index in [1.807, 2.05) is 32.0 Å². The van der Waals surface area contributed by atoms with E-state index >= 15 is 0 Å². The number of anilines is 1. The Kier molecular flexibility index (Phi) is 7.58. The largest absolute Gasteiger partial charge is 0.296 e. The van der Waals surface area contributed by atoms with Gasteiger partial charge in [-0.05, 0) is 71.2 Å². The molecule has 0 fully saturated rings. The summed E-state index contributed by atoms with van der Waals surface area (Å²) in [4.78, 5) is 13.4. The minimum Gasteiger partial charge on any atom is -0.296 e. The molecule has 1 amide bonds. The zero-order valence-corrected chi connectivity index (χ0v) is 23.4. The summed E-state index contributed by atoms with van der Waals surface area (Å²) in [6.45, 7) is 16.6. The van der Waals surface area contributed by atoms with Gasteiger partial charge in [-0.2, -0.15) is 0 Å². The molecule has 0 saturated heterocycles. The Morgan fingerprint density at radius 1 is 0.886 bits per heavy atom. The minimum atomic E-state index is -3.44. The lowest BCUT2D eigenvalue weighted by molar-refractivity contribution is 0.102. The third-order valence-electron chi connectivity index (χ3n) is 6.04. The van der Waals surface area contributed by atoms with Crippen LogP contribution in [0.5, 0.6) is 0 Å². The van der Waals surface area contributed by atoms with Gasteiger partial charge in [0.1, 0.15) is 5.01 Å². The predicted octanol–water partition coefficient (Wildman–Crippen LogP) is 6.02. The fourth-order valence-corrected chi connectivity index (χ4v) is 5.64. The number of nitrogens with one attached hydrogen (secondary N) is 1. The maximum Gasteiger partial charge on any atom is 0.257 e. The van der Waals surface area contributed by atoms with Crippen molar-refractivity contribution in [3.05, 3.63) is 69.2 Å². The Bertz CT molecular complexity index is 1310. The molecule has 35 heavy (non-hydrogen) atoms. The number of aryl methyl sites for hydroxylation is 3. The number of carbonyl (C=O) groups is 1. The molecule has 0 unspecified atom stereocenters. The first kappa shape index (κ1) is 27.0. The highest BCUT2D eigenvalue weighted by atomic mass is 32.2. The summed E-state index contributed by atoms with van der Waals surface area (Å²) in [6, 6.07) is 11.2. The van der Waals surface area contributed by atoms with Crippen molar-refractivity contribution in [3.63, 3.8) is 0 Å². The van der Waals surface area contributed by atoms with Gasteiger partial charge in [0.25, 0.3) is 5.91 Å². The lowest BCUT2D eigenvalue weighted by Crippen LogP contribution is -2.20. The number of sulfone groups is 1. The third-order valence-corrected chi connectivity index (χ3v) is 8.65. The molecule has 3 aromatic rings. The lowest BCUT2D eigenvalue weighted by atomic mass is 9.79. The van der Waals surface area contributed by atoms with Gasteiger partial charge in [0, 0.05) is 12.0 Å². The second-order valence-corrected chi connectivity index (χ2v) is 14.2. The molecule has 0 aliphatic heterocycles. The summed E-state index contributed by atoms with van der Waals surface area (Å²) in [7, 11) is -3.44. The average molecular weight is 514 g/mol. The van der Waals surface area contributed by atoms with Crippen molar-refractivity contribution in [2.45, 2.75) is 77.5 Å². The molecule has 6 nitrogen and oxygen atoms in total. The first-order valence-electron chi connectivity index (χ1n) is 11.7. The fourth-order valence-electron chi connectivity index (χ4n) is 3.45. The molecule has 0 saturated carbocycles. The molecule has 0 radical (unpaired) electrons. The zero-order valence-electron chi connectivity index (χ0n) is 21.8. The number of nitrogens with zero attached hydrogens (tertiary/aromatic N) is 2. The van der Waals surface area contributed by atoms with E-state index in [0.717, 1.165) is 22.3 Å². The van der Waals surface area contributed by atoms with Crippen molar-refractivity contribution in [1.82, 2.24) is 10.2 Å². The Labute approximate surface area is 213 Å². The molecule has 0 aliphatic rings. The van der Waals surface area contributed by atoms with Gasteiger partial charge in [-0.3, -0.25) is 10.1 Å². The second kappa shape index (κ2) is 9.82. The molecular formula is C27H35N3O3S2. The van der Waals surface area contributed by atoms with Crippen molar-refractivity contribution >= 4 is 32.2 Å². The first-order valence-corrected chi connectivity index (χ1v) is 14.1. The van der Waals surface area contributed by atoms with Gasteiger partial charge in [-0.15, -0.1) is 10.2 Å². The van der Waals surface area contributed by atoms with Crippen molar-refractivity contribution < 1.29 is 13.2 Å². The molecule has 0 spiro atoms. The lowest BCUT2D eigenvalue weighted by Gasteiger charge is -2.26. The van der Waals surface area contributed by atoms with Gasteiger partial charge in [-0.25, -0.2) is 8.42 Å². The molecule has 0 bridgehead atoms. The number of amides is 1. The van der Waals surface area contributed by atoms with Crippen LogP contribution in [-0.4, -0.2) is 30.3 Å². The molecule has 188 valence electrons. The van der Waals surface area contributed by atoms with E-state index in [1.165, 1.54) is 11.3 Å². The standard InChI is InChI=1S/C27H35N3O3S2/c1-17-9-10-22(13-18(17)2)35(32,33)12-11-23-29-30-25(34-23)28-24(31)19-14-20(26(3,4)5)16-21(15-19)27(6,7)8/h9-10,13-16H,11-12H2,1-8H3,(H,28,30,31). The first-order chi connectivity index (χ1) is 16.1. The van der Waals surface area contributed by atoms with Crippen LogP contribution in [0.15, 0.2) is 41.3 Å². The summed E-state index contributed by atoms with van der Waals surface area (Å²) in [5.41, 5.74) is 4.53. The van der Waals surface area contributed by atoms with Crippen LogP contribution in [0, 0.1) is 13.8 Å². The van der Waals surface area contributed by atoms with Crippen LogP contribution in [0.25, 0.3) is 0 Å². The van der Waals surface area contributed by atoms with Crippen LogP contribution in [0.1, 0.15) is 79.2 Å². The maximum atomic E-state index is 13.1. The predicted molar refractivity (Wildman–Crippen MR) is 143 cm³/mol. The van der Waals surface area contributed by atoms with Crippen LogP contribution in [-0.2, 0) is 27.1 Å². The van der Waals surface area contributed by atoms with Gasteiger partial charge in [0.05, 0.1) is 10.6 Å². The van der Waals surface area contributed by atoms with E-state index in [9.17, 15) is 13.2 Å². The maximum absolute atomic E-state index is 13.1. The van der Waals surface area contributed by atoms with Gasteiger partial charge in [0.2, 0.25) is 5.13 Å². The van der Waals surface area contributed by atoms with E-state index in [-0.39, 0.29) is 28.9 Å². The van der Waals surface area contributed by atoms with E-state index in [0.29, 0.717) is 20.6 Å². The molecule has 0 aliphatic carbocycles. The molecule has 1 heterocycles. The monoisotopic (exact) mass is 513 g/mol. The summed E-state index contributed by atoms with van der Waals surface area (Å²) in [6.07, 6.45) is 0.233. The summed E-state index contributed by atoms with van der Waals surface area (Å²) < 4.78 is 25.5. The van der Waals surface area contributed by atoms with Crippen LogP contribution in [0.3, 0.4) is 0 Å². The highest BCUT2D eigenvalue weighted by Crippen LogP contribution is 2.31. The van der Waals surface area contributed by atoms with Crippen molar-refractivity contribution in [1.29, 1.82) is 0 Å². The molecule has 1 aromatic heterocycles. The Morgan fingerprint density at radius 3 is 2.03 bits per heavy atom. The molecule has 0 atom stereocenters. The van der Waals surface area contributed by atoms with E-state index in [2.05, 4.69) is 63.1 Å². The van der Waals surface area contributed by atoms with Gasteiger partial charge >= 0.3 is 0 Å². The molecule has 3 rings (SSSR count). The van der Waals surface area contributed by atoms with E-state index < -0.39 is 9.84 Å². The normalized spacial score (nSPS) is 12.6. The fraction of sp³-hybridized carbons (Fsp3) is 0.444. The zero-order chi connectivity index (χ0) is 26.2. The number of benzene rings is 2. The van der Waals surface area contributed by atoms with Crippen LogP contribution in [0.4, 0.5) is 5.13 Å². The molecule has 8 heteroatoms. The smallest absolute Gasteiger partial charge is 0.257 e. The van der Waals surface area contributed by atoms with Crippen molar-refractivity contribution in [2.24, 2.45) is 0 Å². The Balaban J connectivity index is 1.74.